The molecule has 0 N–H and O–H groups in total. The van der Waals surface area contributed by atoms with Crippen LogP contribution in [0, 0.1) is 12.3 Å². The van der Waals surface area contributed by atoms with Crippen molar-refractivity contribution in [2.45, 2.75) is 44.8 Å². The number of terminal acetylenes is 1. The Morgan fingerprint density at radius 2 is 1.56 bits per heavy atom. The first-order valence-electron chi connectivity index (χ1n) is 6.04. The molecule has 0 bridgehead atoms. The van der Waals surface area contributed by atoms with Gasteiger partial charge in [0.15, 0.2) is 0 Å². The van der Waals surface area contributed by atoms with Gasteiger partial charge in [-0.05, 0) is 11.1 Å². The van der Waals surface area contributed by atoms with Gasteiger partial charge in [-0.15, -0.1) is 12.3 Å². The quantitative estimate of drug-likeness (QED) is 0.545. The summed E-state index contributed by atoms with van der Waals surface area (Å²) in [5.74, 6) is 2.93. The standard InChI is InChI=1S/C15H22Si/c1-6-12-16(13(2)3,14(4)5)15-10-8-7-9-11-15/h1,7-11,13-14H,12H2,2-5H3. The summed E-state index contributed by atoms with van der Waals surface area (Å²) in [5, 5.41) is 1.51. The second-order valence-corrected chi connectivity index (χ2v) is 10.4. The largest absolute Gasteiger partial charge is 0.120 e. The molecule has 0 amide bonds. The highest BCUT2D eigenvalue weighted by atomic mass is 28.3. The van der Waals surface area contributed by atoms with Gasteiger partial charge < -0.3 is 0 Å². The van der Waals surface area contributed by atoms with Crippen molar-refractivity contribution in [3.8, 4) is 12.3 Å². The van der Waals surface area contributed by atoms with Crippen LogP contribution in [0.25, 0.3) is 0 Å². The van der Waals surface area contributed by atoms with E-state index in [2.05, 4.69) is 63.9 Å². The molecular weight excluding hydrogens is 208 g/mol. The van der Waals surface area contributed by atoms with Crippen LogP contribution in [0.5, 0.6) is 0 Å². The maximum absolute atomic E-state index is 5.61. The van der Waals surface area contributed by atoms with E-state index in [-0.39, 0.29) is 0 Å². The van der Waals surface area contributed by atoms with Crippen molar-refractivity contribution in [3.63, 3.8) is 0 Å². The molecule has 0 saturated heterocycles. The molecule has 0 aliphatic carbocycles. The highest BCUT2D eigenvalue weighted by Crippen LogP contribution is 2.35. The summed E-state index contributed by atoms with van der Waals surface area (Å²) in [4.78, 5) is 0. The van der Waals surface area contributed by atoms with Gasteiger partial charge in [-0.25, -0.2) is 0 Å². The summed E-state index contributed by atoms with van der Waals surface area (Å²) in [6, 6.07) is 11.8. The van der Waals surface area contributed by atoms with Gasteiger partial charge in [-0.1, -0.05) is 63.2 Å². The molecule has 86 valence electrons. The molecule has 1 rings (SSSR count). The average molecular weight is 230 g/mol. The molecule has 0 fully saturated rings. The highest BCUT2D eigenvalue weighted by molar-refractivity contribution is 6.94. The second kappa shape index (κ2) is 5.36. The van der Waals surface area contributed by atoms with Crippen LogP contribution in [0.15, 0.2) is 30.3 Å². The Morgan fingerprint density at radius 1 is 1.06 bits per heavy atom. The van der Waals surface area contributed by atoms with Crippen molar-refractivity contribution in [2.75, 3.05) is 0 Å². The van der Waals surface area contributed by atoms with E-state index in [0.29, 0.717) is 11.1 Å². The Hall–Kier alpha value is -1.00. The van der Waals surface area contributed by atoms with Crippen LogP contribution in [0.3, 0.4) is 0 Å². The van der Waals surface area contributed by atoms with E-state index < -0.39 is 8.07 Å². The Kier molecular flexibility index (Phi) is 4.38. The Labute approximate surface area is 101 Å². The lowest BCUT2D eigenvalue weighted by Crippen LogP contribution is -2.52. The minimum Gasteiger partial charge on any atom is -0.120 e. The van der Waals surface area contributed by atoms with Gasteiger partial charge in [0, 0.05) is 6.04 Å². The molecule has 16 heavy (non-hydrogen) atoms. The average Bonchev–Trinajstić information content (AvgIpc) is 2.26. The van der Waals surface area contributed by atoms with Gasteiger partial charge in [-0.2, -0.15) is 0 Å². The highest BCUT2D eigenvalue weighted by Gasteiger charge is 2.40. The molecule has 0 radical (unpaired) electrons. The van der Waals surface area contributed by atoms with E-state index in [1.54, 1.807) is 0 Å². The number of rotatable bonds is 4. The predicted molar refractivity (Wildman–Crippen MR) is 75.7 cm³/mol. The van der Waals surface area contributed by atoms with Crippen LogP contribution in [-0.4, -0.2) is 8.07 Å². The van der Waals surface area contributed by atoms with Crippen molar-refractivity contribution >= 4 is 13.3 Å². The van der Waals surface area contributed by atoms with Crippen LogP contribution in [-0.2, 0) is 0 Å². The summed E-state index contributed by atoms with van der Waals surface area (Å²) < 4.78 is 0. The van der Waals surface area contributed by atoms with Crippen molar-refractivity contribution < 1.29 is 0 Å². The fraction of sp³-hybridized carbons (Fsp3) is 0.467. The molecule has 1 aromatic rings. The second-order valence-electron chi connectivity index (χ2n) is 5.10. The molecule has 0 aromatic heterocycles. The maximum Gasteiger partial charge on any atom is 0.104 e. The molecule has 1 aromatic carbocycles. The molecule has 1 heteroatoms. The van der Waals surface area contributed by atoms with Crippen molar-refractivity contribution in [2.24, 2.45) is 0 Å². The topological polar surface area (TPSA) is 0 Å². The lowest BCUT2D eigenvalue weighted by molar-refractivity contribution is 0.908. The van der Waals surface area contributed by atoms with Crippen molar-refractivity contribution in [1.82, 2.24) is 0 Å². The van der Waals surface area contributed by atoms with Crippen LogP contribution < -0.4 is 5.19 Å². The van der Waals surface area contributed by atoms with Gasteiger partial charge in [0.05, 0.1) is 0 Å². The molecule has 0 aliphatic heterocycles. The summed E-state index contributed by atoms with van der Waals surface area (Å²) in [6.45, 7) is 9.32. The fourth-order valence-corrected chi connectivity index (χ4v) is 7.60. The Balaban J connectivity index is 3.28. The molecule has 0 atom stereocenters. The van der Waals surface area contributed by atoms with Gasteiger partial charge in [0.2, 0.25) is 0 Å². The third kappa shape index (κ3) is 2.22. The van der Waals surface area contributed by atoms with E-state index in [1.807, 2.05) is 0 Å². The lowest BCUT2D eigenvalue weighted by Gasteiger charge is -2.38. The smallest absolute Gasteiger partial charge is 0.104 e. The Bertz CT molecular complexity index is 349. The molecular formula is C15H22Si. The molecule has 0 saturated carbocycles. The first-order chi connectivity index (χ1) is 7.55. The summed E-state index contributed by atoms with van der Waals surface area (Å²) in [7, 11) is -1.56. The van der Waals surface area contributed by atoms with E-state index >= 15 is 0 Å². The van der Waals surface area contributed by atoms with E-state index in [4.69, 9.17) is 6.42 Å². The number of hydrogen-bond donors (Lipinski definition) is 0. The van der Waals surface area contributed by atoms with Crippen LogP contribution in [0.2, 0.25) is 17.1 Å². The summed E-state index contributed by atoms with van der Waals surface area (Å²) in [5.41, 5.74) is 1.37. The zero-order chi connectivity index (χ0) is 12.2. The van der Waals surface area contributed by atoms with Crippen LogP contribution in [0.1, 0.15) is 27.7 Å². The fourth-order valence-electron chi connectivity index (χ4n) is 2.76. The number of benzene rings is 1. The summed E-state index contributed by atoms with van der Waals surface area (Å²) >= 11 is 0. The van der Waals surface area contributed by atoms with Gasteiger partial charge >= 0.3 is 0 Å². The zero-order valence-electron chi connectivity index (χ0n) is 10.8. The molecule has 0 unspecified atom stereocenters. The predicted octanol–water partition coefficient (Wildman–Crippen LogP) is 3.80. The Morgan fingerprint density at radius 3 is 1.94 bits per heavy atom. The van der Waals surface area contributed by atoms with E-state index in [1.165, 1.54) is 5.19 Å². The van der Waals surface area contributed by atoms with Gasteiger partial charge in [-0.3, -0.25) is 0 Å². The van der Waals surface area contributed by atoms with E-state index in [9.17, 15) is 0 Å². The van der Waals surface area contributed by atoms with Gasteiger partial charge in [0.1, 0.15) is 8.07 Å². The SMILES string of the molecule is C#CC[Si](c1ccccc1)(C(C)C)C(C)C. The van der Waals surface area contributed by atoms with Crippen LogP contribution in [0.4, 0.5) is 0 Å². The summed E-state index contributed by atoms with van der Waals surface area (Å²) in [6.07, 6.45) is 5.61. The first-order valence-corrected chi connectivity index (χ1v) is 8.41. The normalized spacial score (nSPS) is 11.8. The number of hydrogen-bond acceptors (Lipinski definition) is 0. The van der Waals surface area contributed by atoms with Crippen molar-refractivity contribution in [1.29, 1.82) is 0 Å². The lowest BCUT2D eigenvalue weighted by atomic mass is 10.4. The third-order valence-corrected chi connectivity index (χ3v) is 10.1. The van der Waals surface area contributed by atoms with Crippen LogP contribution >= 0.6 is 0 Å². The monoisotopic (exact) mass is 230 g/mol. The molecule has 0 heterocycles. The maximum atomic E-state index is 5.61. The van der Waals surface area contributed by atoms with Gasteiger partial charge in [0.25, 0.3) is 0 Å². The molecule has 0 aliphatic rings. The molecule has 0 spiro atoms. The molecule has 0 nitrogen and oxygen atoms in total. The van der Waals surface area contributed by atoms with E-state index in [0.717, 1.165) is 6.04 Å². The first kappa shape index (κ1) is 13.1. The minimum atomic E-state index is -1.56. The minimum absolute atomic E-state index is 0.686. The van der Waals surface area contributed by atoms with Crippen molar-refractivity contribution in [3.05, 3.63) is 30.3 Å². The third-order valence-electron chi connectivity index (χ3n) is 3.77. The zero-order valence-corrected chi connectivity index (χ0v) is 11.8.